The Kier molecular flexibility index (Phi) is 3.89. The van der Waals surface area contributed by atoms with Crippen molar-refractivity contribution in [2.75, 3.05) is 11.9 Å². The number of carboxylic acids is 1. The second-order valence-electron chi connectivity index (χ2n) is 3.92. The predicted octanol–water partition coefficient (Wildman–Crippen LogP) is 3.74. The highest BCUT2D eigenvalue weighted by Gasteiger charge is 2.10. The van der Waals surface area contributed by atoms with Crippen molar-refractivity contribution in [2.24, 2.45) is 0 Å². The zero-order valence-electron chi connectivity index (χ0n) is 9.76. The number of rotatable bonds is 4. The van der Waals surface area contributed by atoms with Gasteiger partial charge in [0.2, 0.25) is 0 Å². The van der Waals surface area contributed by atoms with Crippen LogP contribution in [0.3, 0.4) is 0 Å². The molecular formula is C13H12ClNO2S. The second kappa shape index (κ2) is 5.42. The minimum Gasteiger partial charge on any atom is -0.477 e. The van der Waals surface area contributed by atoms with Gasteiger partial charge in [0, 0.05) is 29.7 Å². The lowest BCUT2D eigenvalue weighted by Crippen LogP contribution is -2.15. The zero-order chi connectivity index (χ0) is 13.1. The summed E-state index contributed by atoms with van der Waals surface area (Å²) in [6.45, 7) is 0.648. The Morgan fingerprint density at radius 3 is 2.78 bits per heavy atom. The van der Waals surface area contributed by atoms with Crippen LogP contribution in [-0.4, -0.2) is 18.1 Å². The first kappa shape index (κ1) is 12.9. The number of carbonyl (C=O) groups is 1. The van der Waals surface area contributed by atoms with Gasteiger partial charge in [-0.2, -0.15) is 0 Å². The number of anilines is 1. The van der Waals surface area contributed by atoms with E-state index in [1.54, 1.807) is 6.07 Å². The van der Waals surface area contributed by atoms with E-state index in [9.17, 15) is 4.79 Å². The molecule has 18 heavy (non-hydrogen) atoms. The molecule has 94 valence electrons. The molecule has 1 aromatic carbocycles. The summed E-state index contributed by atoms with van der Waals surface area (Å²) >= 11 is 7.32. The number of halogens is 1. The summed E-state index contributed by atoms with van der Waals surface area (Å²) in [5.41, 5.74) is 1.90. The number of benzene rings is 1. The molecule has 1 aromatic heterocycles. The highest BCUT2D eigenvalue weighted by molar-refractivity contribution is 7.12. The average molecular weight is 282 g/mol. The second-order valence-corrected chi connectivity index (χ2v) is 5.24. The SMILES string of the molecule is CN(Cc1ccccc1Cl)c1csc(C(=O)O)c1. The fourth-order valence-electron chi connectivity index (χ4n) is 1.61. The van der Waals surface area contributed by atoms with E-state index >= 15 is 0 Å². The molecule has 0 fully saturated rings. The van der Waals surface area contributed by atoms with Crippen LogP contribution in [0, 0.1) is 0 Å². The van der Waals surface area contributed by atoms with Crippen molar-refractivity contribution in [1.29, 1.82) is 0 Å². The van der Waals surface area contributed by atoms with Gasteiger partial charge in [0.1, 0.15) is 4.88 Å². The van der Waals surface area contributed by atoms with E-state index in [0.717, 1.165) is 16.3 Å². The molecule has 0 unspecified atom stereocenters. The highest BCUT2D eigenvalue weighted by atomic mass is 35.5. The summed E-state index contributed by atoms with van der Waals surface area (Å²) in [6.07, 6.45) is 0. The Balaban J connectivity index is 2.14. The predicted molar refractivity (Wildman–Crippen MR) is 74.8 cm³/mol. The molecule has 1 heterocycles. The van der Waals surface area contributed by atoms with Crippen molar-refractivity contribution in [2.45, 2.75) is 6.54 Å². The van der Waals surface area contributed by atoms with E-state index in [1.807, 2.05) is 41.6 Å². The molecule has 0 aliphatic carbocycles. The molecule has 0 aliphatic heterocycles. The maximum absolute atomic E-state index is 10.8. The van der Waals surface area contributed by atoms with Crippen LogP contribution >= 0.6 is 22.9 Å². The lowest BCUT2D eigenvalue weighted by molar-refractivity contribution is 0.0702. The largest absolute Gasteiger partial charge is 0.477 e. The van der Waals surface area contributed by atoms with Gasteiger partial charge in [-0.1, -0.05) is 29.8 Å². The van der Waals surface area contributed by atoms with Crippen molar-refractivity contribution in [3.05, 3.63) is 51.2 Å². The molecule has 5 heteroatoms. The molecule has 0 radical (unpaired) electrons. The smallest absolute Gasteiger partial charge is 0.345 e. The first-order valence-electron chi connectivity index (χ1n) is 5.34. The van der Waals surface area contributed by atoms with Crippen molar-refractivity contribution in [3.8, 4) is 0 Å². The Morgan fingerprint density at radius 2 is 2.17 bits per heavy atom. The van der Waals surface area contributed by atoms with E-state index in [1.165, 1.54) is 11.3 Å². The number of aromatic carboxylic acids is 1. The van der Waals surface area contributed by atoms with Gasteiger partial charge in [0.15, 0.2) is 0 Å². The molecule has 0 spiro atoms. The van der Waals surface area contributed by atoms with Crippen LogP contribution in [0.15, 0.2) is 35.7 Å². The van der Waals surface area contributed by atoms with Crippen molar-refractivity contribution >= 4 is 34.6 Å². The molecule has 0 atom stereocenters. The van der Waals surface area contributed by atoms with Gasteiger partial charge in [0.05, 0.1) is 0 Å². The summed E-state index contributed by atoms with van der Waals surface area (Å²) in [5.74, 6) is -0.891. The standard InChI is InChI=1S/C13H12ClNO2S/c1-15(7-9-4-2-3-5-11(9)14)10-6-12(13(16)17)18-8-10/h2-6,8H,7H2,1H3,(H,16,17). The Labute approximate surface area is 114 Å². The van der Waals surface area contributed by atoms with Crippen LogP contribution in [-0.2, 0) is 6.54 Å². The van der Waals surface area contributed by atoms with Crippen molar-refractivity contribution in [3.63, 3.8) is 0 Å². The molecular weight excluding hydrogens is 270 g/mol. The summed E-state index contributed by atoms with van der Waals surface area (Å²) in [6, 6.07) is 9.30. The minimum absolute atomic E-state index is 0.344. The fourth-order valence-corrected chi connectivity index (χ4v) is 2.59. The van der Waals surface area contributed by atoms with Gasteiger partial charge in [-0.05, 0) is 17.7 Å². The van der Waals surface area contributed by atoms with E-state index in [2.05, 4.69) is 0 Å². The lowest BCUT2D eigenvalue weighted by atomic mass is 10.2. The van der Waals surface area contributed by atoms with E-state index < -0.39 is 5.97 Å². The van der Waals surface area contributed by atoms with Gasteiger partial charge in [-0.15, -0.1) is 11.3 Å². The summed E-state index contributed by atoms with van der Waals surface area (Å²) in [5, 5.41) is 11.4. The van der Waals surface area contributed by atoms with Crippen molar-refractivity contribution in [1.82, 2.24) is 0 Å². The molecule has 2 rings (SSSR count). The van der Waals surface area contributed by atoms with Crippen LogP contribution in [0.4, 0.5) is 5.69 Å². The van der Waals surface area contributed by atoms with Crippen molar-refractivity contribution < 1.29 is 9.90 Å². The topological polar surface area (TPSA) is 40.5 Å². The third kappa shape index (κ3) is 2.83. The van der Waals surface area contributed by atoms with E-state index in [4.69, 9.17) is 16.7 Å². The molecule has 0 amide bonds. The molecule has 3 nitrogen and oxygen atoms in total. The lowest BCUT2D eigenvalue weighted by Gasteiger charge is -2.18. The van der Waals surface area contributed by atoms with Gasteiger partial charge < -0.3 is 10.0 Å². The number of hydrogen-bond acceptors (Lipinski definition) is 3. The van der Waals surface area contributed by atoms with Gasteiger partial charge in [-0.25, -0.2) is 4.79 Å². The number of nitrogens with zero attached hydrogens (tertiary/aromatic N) is 1. The van der Waals surface area contributed by atoms with Gasteiger partial charge in [0.25, 0.3) is 0 Å². The normalized spacial score (nSPS) is 10.3. The van der Waals surface area contributed by atoms with Gasteiger partial charge >= 0.3 is 5.97 Å². The van der Waals surface area contributed by atoms with E-state index in [0.29, 0.717) is 11.4 Å². The molecule has 0 saturated carbocycles. The summed E-state index contributed by atoms with van der Waals surface area (Å²) < 4.78 is 0. The van der Waals surface area contributed by atoms with Crippen LogP contribution in [0.2, 0.25) is 5.02 Å². The Hall–Kier alpha value is -1.52. The summed E-state index contributed by atoms with van der Waals surface area (Å²) in [4.78, 5) is 13.1. The van der Waals surface area contributed by atoms with Crippen LogP contribution in [0.25, 0.3) is 0 Å². The number of thiophene rings is 1. The monoisotopic (exact) mass is 281 g/mol. The molecule has 2 aromatic rings. The highest BCUT2D eigenvalue weighted by Crippen LogP contribution is 2.25. The maximum Gasteiger partial charge on any atom is 0.345 e. The molecule has 0 saturated heterocycles. The number of carboxylic acid groups (broad SMARTS) is 1. The fraction of sp³-hybridized carbons (Fsp3) is 0.154. The third-order valence-electron chi connectivity index (χ3n) is 2.60. The van der Waals surface area contributed by atoms with Crippen LogP contribution in [0.1, 0.15) is 15.2 Å². The first-order chi connectivity index (χ1) is 8.58. The molecule has 0 aliphatic rings. The average Bonchev–Trinajstić information content (AvgIpc) is 2.81. The van der Waals surface area contributed by atoms with E-state index in [-0.39, 0.29) is 0 Å². The van der Waals surface area contributed by atoms with Crippen LogP contribution < -0.4 is 4.90 Å². The first-order valence-corrected chi connectivity index (χ1v) is 6.60. The molecule has 1 N–H and O–H groups in total. The Morgan fingerprint density at radius 1 is 1.44 bits per heavy atom. The molecule has 0 bridgehead atoms. The zero-order valence-corrected chi connectivity index (χ0v) is 11.3. The quantitative estimate of drug-likeness (QED) is 0.928. The maximum atomic E-state index is 10.8. The summed E-state index contributed by atoms with van der Waals surface area (Å²) in [7, 11) is 1.91. The van der Waals surface area contributed by atoms with Gasteiger partial charge in [-0.3, -0.25) is 0 Å². The number of hydrogen-bond donors (Lipinski definition) is 1. The Bertz CT molecular complexity index is 568. The third-order valence-corrected chi connectivity index (χ3v) is 3.88. The van der Waals surface area contributed by atoms with Crippen LogP contribution in [0.5, 0.6) is 0 Å². The minimum atomic E-state index is -0.891.